The lowest BCUT2D eigenvalue weighted by Gasteiger charge is -2.14. The van der Waals surface area contributed by atoms with Crippen LogP contribution in [0.15, 0.2) is 58.2 Å². The van der Waals surface area contributed by atoms with Crippen LogP contribution in [0.2, 0.25) is 0 Å². The molecule has 3 aromatic rings. The van der Waals surface area contributed by atoms with Crippen molar-refractivity contribution in [3.05, 3.63) is 59.7 Å². The lowest BCUT2D eigenvalue weighted by Crippen LogP contribution is -2.35. The van der Waals surface area contributed by atoms with Crippen molar-refractivity contribution in [1.82, 2.24) is 9.88 Å². The summed E-state index contributed by atoms with van der Waals surface area (Å²) in [6.45, 7) is -0.0654. The van der Waals surface area contributed by atoms with Gasteiger partial charge in [0.05, 0.1) is 5.56 Å². The Bertz CT molecular complexity index is 1040. The summed E-state index contributed by atoms with van der Waals surface area (Å²) in [5, 5.41) is 0.511. The van der Waals surface area contributed by atoms with Crippen LogP contribution in [-0.4, -0.2) is 40.8 Å². The Kier molecular flexibility index (Phi) is 5.62. The molecule has 1 aromatic heterocycles. The van der Waals surface area contributed by atoms with Crippen LogP contribution in [0.3, 0.4) is 0 Å². The third kappa shape index (κ3) is 4.32. The Morgan fingerprint density at radius 2 is 1.93 bits per heavy atom. The maximum atomic E-state index is 12.5. The van der Waals surface area contributed by atoms with Gasteiger partial charge >= 0.3 is 5.97 Å². The molecule has 1 aliphatic heterocycles. The van der Waals surface area contributed by atoms with Crippen molar-refractivity contribution in [2.75, 3.05) is 13.2 Å². The Labute approximate surface area is 171 Å². The summed E-state index contributed by atoms with van der Waals surface area (Å²) in [7, 11) is 0. The van der Waals surface area contributed by atoms with Crippen molar-refractivity contribution in [3.63, 3.8) is 0 Å². The van der Waals surface area contributed by atoms with E-state index in [4.69, 9.17) is 9.15 Å². The van der Waals surface area contributed by atoms with Crippen molar-refractivity contribution in [2.24, 2.45) is 0 Å². The molecule has 8 heteroatoms. The van der Waals surface area contributed by atoms with Gasteiger partial charge in [-0.1, -0.05) is 42.1 Å². The monoisotopic (exact) mass is 410 g/mol. The molecule has 0 bridgehead atoms. The first-order chi connectivity index (χ1) is 14.1. The second kappa shape index (κ2) is 8.48. The Balaban J connectivity index is 1.40. The topological polar surface area (TPSA) is 89.7 Å². The second-order valence-corrected chi connectivity index (χ2v) is 7.44. The molecule has 7 nitrogen and oxygen atoms in total. The molecule has 0 atom stereocenters. The number of likely N-dealkylation sites (tertiary alicyclic amines) is 1. The number of benzene rings is 2. The molecule has 0 radical (unpaired) electrons. The fourth-order valence-electron chi connectivity index (χ4n) is 3.09. The summed E-state index contributed by atoms with van der Waals surface area (Å²) in [6.07, 6.45) is 1.00. The minimum atomic E-state index is -0.598. The van der Waals surface area contributed by atoms with Gasteiger partial charge in [-0.2, -0.15) is 0 Å². The Morgan fingerprint density at radius 3 is 2.72 bits per heavy atom. The number of thioether (sulfide) groups is 1. The summed E-state index contributed by atoms with van der Waals surface area (Å²) in [5.74, 6) is -0.851. The van der Waals surface area contributed by atoms with Crippen molar-refractivity contribution < 1.29 is 23.5 Å². The van der Waals surface area contributed by atoms with E-state index in [1.165, 1.54) is 11.8 Å². The number of fused-ring (bicyclic) bond motifs is 1. The van der Waals surface area contributed by atoms with Gasteiger partial charge < -0.3 is 9.15 Å². The van der Waals surface area contributed by atoms with Gasteiger partial charge in [0.15, 0.2) is 12.2 Å². The van der Waals surface area contributed by atoms with Crippen molar-refractivity contribution in [1.29, 1.82) is 0 Å². The van der Waals surface area contributed by atoms with Gasteiger partial charge in [-0.3, -0.25) is 14.5 Å². The highest BCUT2D eigenvalue weighted by Gasteiger charge is 2.27. The molecule has 1 saturated heterocycles. The molecule has 2 aromatic carbocycles. The van der Waals surface area contributed by atoms with Crippen LogP contribution in [0.25, 0.3) is 11.1 Å². The molecule has 1 fully saturated rings. The second-order valence-electron chi connectivity index (χ2n) is 6.51. The first kappa shape index (κ1) is 19.2. The molecule has 29 heavy (non-hydrogen) atoms. The van der Waals surface area contributed by atoms with Crippen LogP contribution in [-0.2, 0) is 20.1 Å². The van der Waals surface area contributed by atoms with Gasteiger partial charge in [-0.05, 0) is 30.2 Å². The molecular formula is C21H18N2O5S. The van der Waals surface area contributed by atoms with Gasteiger partial charge in [0.25, 0.3) is 11.1 Å². The van der Waals surface area contributed by atoms with Gasteiger partial charge in [0.2, 0.25) is 5.91 Å². The predicted molar refractivity (Wildman–Crippen MR) is 106 cm³/mol. The molecule has 1 aliphatic rings. The summed E-state index contributed by atoms with van der Waals surface area (Å²) >= 11 is 1.37. The molecular weight excluding hydrogens is 392 g/mol. The quantitative estimate of drug-likeness (QED) is 0.454. The fourth-order valence-corrected chi connectivity index (χ4v) is 3.93. The largest absolute Gasteiger partial charge is 0.452 e. The van der Waals surface area contributed by atoms with Crippen LogP contribution in [0.1, 0.15) is 28.8 Å². The van der Waals surface area contributed by atoms with Crippen molar-refractivity contribution >= 4 is 40.6 Å². The van der Waals surface area contributed by atoms with Crippen molar-refractivity contribution in [3.8, 4) is 0 Å². The van der Waals surface area contributed by atoms with E-state index in [0.29, 0.717) is 41.5 Å². The maximum absolute atomic E-state index is 12.5. The average molecular weight is 410 g/mol. The van der Waals surface area contributed by atoms with Crippen LogP contribution < -0.4 is 0 Å². The predicted octanol–water partition coefficient (Wildman–Crippen LogP) is 3.43. The number of ether oxygens (including phenoxy) is 1. The number of nitrogens with zero attached hydrogens (tertiary/aromatic N) is 2. The fraction of sp³-hybridized carbons (Fsp3) is 0.238. The van der Waals surface area contributed by atoms with Crippen LogP contribution in [0, 0.1) is 0 Å². The standard InChI is InChI=1S/C21H18N2O5S/c24-18-10-5-11-23(18)19(25)12-27-20(26)15-7-2-1-6-14(15)13-29-21-22-16-8-3-4-9-17(16)28-21/h1-4,6-9H,5,10-13H2. The normalized spacial score (nSPS) is 13.8. The van der Waals surface area contributed by atoms with E-state index >= 15 is 0 Å². The highest BCUT2D eigenvalue weighted by atomic mass is 32.2. The highest BCUT2D eigenvalue weighted by Crippen LogP contribution is 2.27. The summed E-state index contributed by atoms with van der Waals surface area (Å²) in [5.41, 5.74) is 2.60. The van der Waals surface area contributed by atoms with E-state index in [0.717, 1.165) is 16.0 Å². The number of amides is 2. The van der Waals surface area contributed by atoms with Gasteiger partial charge in [0.1, 0.15) is 5.52 Å². The molecule has 2 heterocycles. The highest BCUT2D eigenvalue weighted by molar-refractivity contribution is 7.98. The number of hydrogen-bond donors (Lipinski definition) is 0. The number of para-hydroxylation sites is 2. The van der Waals surface area contributed by atoms with E-state index in [2.05, 4.69) is 4.98 Å². The van der Waals surface area contributed by atoms with Gasteiger partial charge in [-0.15, -0.1) is 0 Å². The summed E-state index contributed by atoms with van der Waals surface area (Å²) < 4.78 is 10.9. The summed E-state index contributed by atoms with van der Waals surface area (Å²) in [6, 6.07) is 14.5. The maximum Gasteiger partial charge on any atom is 0.338 e. The molecule has 4 rings (SSSR count). The minimum Gasteiger partial charge on any atom is -0.452 e. The SMILES string of the molecule is O=C(OCC(=O)N1CCCC1=O)c1ccccc1CSc1nc2ccccc2o1. The number of esters is 1. The first-order valence-electron chi connectivity index (χ1n) is 9.18. The molecule has 148 valence electrons. The lowest BCUT2D eigenvalue weighted by atomic mass is 10.1. The number of carbonyl (C=O) groups excluding carboxylic acids is 3. The molecule has 0 unspecified atom stereocenters. The summed E-state index contributed by atoms with van der Waals surface area (Å²) in [4.78, 5) is 41.7. The number of oxazole rings is 1. The molecule has 0 saturated carbocycles. The van der Waals surface area contributed by atoms with Crippen LogP contribution >= 0.6 is 11.8 Å². The third-order valence-electron chi connectivity index (χ3n) is 4.56. The average Bonchev–Trinajstić information content (AvgIpc) is 3.36. The number of hydrogen-bond acceptors (Lipinski definition) is 7. The van der Waals surface area contributed by atoms with E-state index in [-0.39, 0.29) is 5.91 Å². The Morgan fingerprint density at radius 1 is 1.14 bits per heavy atom. The van der Waals surface area contributed by atoms with E-state index < -0.39 is 18.5 Å². The molecule has 0 aliphatic carbocycles. The Hall–Kier alpha value is -3.13. The number of carbonyl (C=O) groups is 3. The zero-order valence-electron chi connectivity index (χ0n) is 15.5. The zero-order chi connectivity index (χ0) is 20.2. The number of rotatable bonds is 6. The molecule has 0 spiro atoms. The third-order valence-corrected chi connectivity index (χ3v) is 5.44. The van der Waals surface area contributed by atoms with E-state index in [9.17, 15) is 14.4 Å². The van der Waals surface area contributed by atoms with Crippen LogP contribution in [0.5, 0.6) is 0 Å². The molecule has 0 N–H and O–H groups in total. The van der Waals surface area contributed by atoms with Gasteiger partial charge in [0, 0.05) is 18.7 Å². The zero-order valence-corrected chi connectivity index (χ0v) is 16.3. The van der Waals surface area contributed by atoms with E-state index in [1.807, 2.05) is 36.4 Å². The van der Waals surface area contributed by atoms with E-state index in [1.54, 1.807) is 12.1 Å². The number of aromatic nitrogens is 1. The lowest BCUT2D eigenvalue weighted by molar-refractivity contribution is -0.143. The van der Waals surface area contributed by atoms with Gasteiger partial charge in [-0.25, -0.2) is 9.78 Å². The molecule has 2 amide bonds. The smallest absolute Gasteiger partial charge is 0.338 e. The van der Waals surface area contributed by atoms with Crippen LogP contribution in [0.4, 0.5) is 0 Å². The first-order valence-corrected chi connectivity index (χ1v) is 10.2. The minimum absolute atomic E-state index is 0.221. The number of imide groups is 1. The van der Waals surface area contributed by atoms with Crippen molar-refractivity contribution in [2.45, 2.75) is 23.8 Å².